The maximum atomic E-state index is 12.0. The topological polar surface area (TPSA) is 77.2 Å². The zero-order valence-corrected chi connectivity index (χ0v) is 12.8. The molecule has 0 bridgehead atoms. The average molecular weight is 299 g/mol. The van der Waals surface area contributed by atoms with Gasteiger partial charge in [0.05, 0.1) is 11.7 Å². The van der Waals surface area contributed by atoms with E-state index in [0.29, 0.717) is 18.0 Å². The van der Waals surface area contributed by atoms with Crippen molar-refractivity contribution < 1.29 is 9.53 Å². The lowest BCUT2D eigenvalue weighted by atomic mass is 10.0. The Labute approximate surface area is 130 Å². The van der Waals surface area contributed by atoms with Gasteiger partial charge in [0.25, 0.3) is 0 Å². The Morgan fingerprint density at radius 1 is 1.27 bits per heavy atom. The van der Waals surface area contributed by atoms with Gasteiger partial charge in [-0.25, -0.2) is 0 Å². The number of hydrogen-bond donors (Lipinski definition) is 2. The largest absolute Gasteiger partial charge is 0.487 e. The van der Waals surface area contributed by atoms with Crippen LogP contribution in [0.2, 0.25) is 0 Å². The summed E-state index contributed by atoms with van der Waals surface area (Å²) in [6, 6.07) is 12.4. The first-order chi connectivity index (χ1) is 10.6. The summed E-state index contributed by atoms with van der Waals surface area (Å²) < 4.78 is 5.68. The number of nitrogens with one attached hydrogen (secondary N) is 1. The van der Waals surface area contributed by atoms with Crippen LogP contribution < -0.4 is 15.8 Å². The van der Waals surface area contributed by atoms with E-state index in [1.54, 1.807) is 18.3 Å². The van der Waals surface area contributed by atoms with Gasteiger partial charge in [0, 0.05) is 18.0 Å². The van der Waals surface area contributed by atoms with Gasteiger partial charge >= 0.3 is 0 Å². The summed E-state index contributed by atoms with van der Waals surface area (Å²) in [4.78, 5) is 16.2. The Kier molecular flexibility index (Phi) is 5.49. The summed E-state index contributed by atoms with van der Waals surface area (Å²) in [6.07, 6.45) is 1.72. The first kappa shape index (κ1) is 16.0. The molecular formula is C17H21N3O2. The standard InChI is InChI=1S/C17H21N3O2/c1-12(2)16(18)17(21)20-13-7-5-8-15(10-13)22-11-14-6-3-4-9-19-14/h3-10,12,16H,11,18H2,1-2H3,(H,20,21). The summed E-state index contributed by atoms with van der Waals surface area (Å²) >= 11 is 0. The van der Waals surface area contributed by atoms with Crippen molar-refractivity contribution in [3.8, 4) is 5.75 Å². The van der Waals surface area contributed by atoms with E-state index in [-0.39, 0.29) is 11.8 Å². The smallest absolute Gasteiger partial charge is 0.241 e. The van der Waals surface area contributed by atoms with Crippen LogP contribution in [0.1, 0.15) is 19.5 Å². The van der Waals surface area contributed by atoms with E-state index in [2.05, 4.69) is 10.3 Å². The van der Waals surface area contributed by atoms with Crippen molar-refractivity contribution in [2.45, 2.75) is 26.5 Å². The first-order valence-corrected chi connectivity index (χ1v) is 7.25. The summed E-state index contributed by atoms with van der Waals surface area (Å²) in [5.74, 6) is 0.557. The summed E-state index contributed by atoms with van der Waals surface area (Å²) in [5, 5.41) is 2.80. The normalized spacial score (nSPS) is 12.0. The molecule has 5 nitrogen and oxygen atoms in total. The summed E-state index contributed by atoms with van der Waals surface area (Å²) in [6.45, 7) is 4.21. The van der Waals surface area contributed by atoms with E-state index in [4.69, 9.17) is 10.5 Å². The highest BCUT2D eigenvalue weighted by Crippen LogP contribution is 2.18. The van der Waals surface area contributed by atoms with Crippen molar-refractivity contribution in [1.82, 2.24) is 4.98 Å². The van der Waals surface area contributed by atoms with E-state index in [1.807, 2.05) is 44.2 Å². The van der Waals surface area contributed by atoms with Gasteiger partial charge in [-0.1, -0.05) is 26.0 Å². The third kappa shape index (κ3) is 4.56. The van der Waals surface area contributed by atoms with Crippen molar-refractivity contribution in [2.24, 2.45) is 11.7 Å². The predicted octanol–water partition coefficient (Wildman–Crippen LogP) is 2.58. The van der Waals surface area contributed by atoms with Gasteiger partial charge in [-0.3, -0.25) is 9.78 Å². The van der Waals surface area contributed by atoms with Crippen molar-refractivity contribution in [3.63, 3.8) is 0 Å². The molecular weight excluding hydrogens is 278 g/mol. The van der Waals surface area contributed by atoms with E-state index in [9.17, 15) is 4.79 Å². The Balaban J connectivity index is 1.96. The molecule has 1 heterocycles. The van der Waals surface area contributed by atoms with Gasteiger partial charge in [-0.15, -0.1) is 0 Å². The second-order valence-corrected chi connectivity index (χ2v) is 5.40. The lowest BCUT2D eigenvalue weighted by Crippen LogP contribution is -2.39. The number of rotatable bonds is 6. The number of carbonyl (C=O) groups is 1. The molecule has 1 atom stereocenters. The molecule has 0 fully saturated rings. The number of pyridine rings is 1. The second-order valence-electron chi connectivity index (χ2n) is 5.40. The molecule has 0 aliphatic rings. The quantitative estimate of drug-likeness (QED) is 0.859. The molecule has 0 spiro atoms. The molecule has 0 saturated carbocycles. The van der Waals surface area contributed by atoms with Crippen LogP contribution in [0.3, 0.4) is 0 Å². The fourth-order valence-corrected chi connectivity index (χ4v) is 1.83. The fraction of sp³-hybridized carbons (Fsp3) is 0.294. The summed E-state index contributed by atoms with van der Waals surface area (Å²) in [5.41, 5.74) is 7.34. The zero-order chi connectivity index (χ0) is 15.9. The minimum Gasteiger partial charge on any atom is -0.487 e. The van der Waals surface area contributed by atoms with Gasteiger partial charge in [0.1, 0.15) is 12.4 Å². The lowest BCUT2D eigenvalue weighted by molar-refractivity contribution is -0.118. The number of benzene rings is 1. The molecule has 0 radical (unpaired) electrons. The van der Waals surface area contributed by atoms with Crippen LogP contribution in [0.15, 0.2) is 48.7 Å². The van der Waals surface area contributed by atoms with Crippen LogP contribution in [0, 0.1) is 5.92 Å². The Hall–Kier alpha value is -2.40. The molecule has 2 rings (SSSR count). The molecule has 0 saturated heterocycles. The monoisotopic (exact) mass is 299 g/mol. The van der Waals surface area contributed by atoms with Crippen LogP contribution in [0.25, 0.3) is 0 Å². The number of nitrogens with zero attached hydrogens (tertiary/aromatic N) is 1. The average Bonchev–Trinajstić information content (AvgIpc) is 2.53. The molecule has 0 aliphatic carbocycles. The third-order valence-electron chi connectivity index (χ3n) is 3.24. The third-order valence-corrected chi connectivity index (χ3v) is 3.24. The maximum absolute atomic E-state index is 12.0. The molecule has 1 amide bonds. The lowest BCUT2D eigenvalue weighted by Gasteiger charge is -2.15. The Morgan fingerprint density at radius 3 is 2.77 bits per heavy atom. The fourth-order valence-electron chi connectivity index (χ4n) is 1.83. The van der Waals surface area contributed by atoms with Crippen molar-refractivity contribution in [1.29, 1.82) is 0 Å². The Morgan fingerprint density at radius 2 is 2.09 bits per heavy atom. The summed E-state index contributed by atoms with van der Waals surface area (Å²) in [7, 11) is 0. The minimum atomic E-state index is -0.530. The van der Waals surface area contributed by atoms with Crippen LogP contribution >= 0.6 is 0 Å². The molecule has 1 unspecified atom stereocenters. The Bertz CT molecular complexity index is 614. The zero-order valence-electron chi connectivity index (χ0n) is 12.8. The number of amides is 1. The van der Waals surface area contributed by atoms with Gasteiger partial charge in [0.2, 0.25) is 5.91 Å². The van der Waals surface area contributed by atoms with E-state index < -0.39 is 6.04 Å². The molecule has 22 heavy (non-hydrogen) atoms. The molecule has 3 N–H and O–H groups in total. The van der Waals surface area contributed by atoms with Crippen LogP contribution in [-0.4, -0.2) is 16.9 Å². The highest BCUT2D eigenvalue weighted by molar-refractivity contribution is 5.94. The molecule has 1 aromatic heterocycles. The van der Waals surface area contributed by atoms with Crippen LogP contribution in [-0.2, 0) is 11.4 Å². The number of carbonyl (C=O) groups excluding carboxylic acids is 1. The number of ether oxygens (including phenoxy) is 1. The van der Waals surface area contributed by atoms with Crippen molar-refractivity contribution in [3.05, 3.63) is 54.4 Å². The predicted molar refractivity (Wildman–Crippen MR) is 86.5 cm³/mol. The maximum Gasteiger partial charge on any atom is 0.241 e. The van der Waals surface area contributed by atoms with Crippen molar-refractivity contribution >= 4 is 11.6 Å². The van der Waals surface area contributed by atoms with E-state index >= 15 is 0 Å². The van der Waals surface area contributed by atoms with E-state index in [1.165, 1.54) is 0 Å². The highest BCUT2D eigenvalue weighted by Gasteiger charge is 2.17. The number of anilines is 1. The van der Waals surface area contributed by atoms with Crippen LogP contribution in [0.4, 0.5) is 5.69 Å². The van der Waals surface area contributed by atoms with Gasteiger partial charge < -0.3 is 15.8 Å². The molecule has 116 valence electrons. The van der Waals surface area contributed by atoms with E-state index in [0.717, 1.165) is 5.69 Å². The van der Waals surface area contributed by atoms with Gasteiger partial charge in [0.15, 0.2) is 0 Å². The van der Waals surface area contributed by atoms with Crippen LogP contribution in [0.5, 0.6) is 5.75 Å². The second kappa shape index (κ2) is 7.56. The minimum absolute atomic E-state index is 0.0867. The highest BCUT2D eigenvalue weighted by atomic mass is 16.5. The number of hydrogen-bond acceptors (Lipinski definition) is 4. The number of aromatic nitrogens is 1. The number of nitrogens with two attached hydrogens (primary N) is 1. The molecule has 0 aliphatic heterocycles. The molecule has 5 heteroatoms. The molecule has 1 aromatic carbocycles. The van der Waals surface area contributed by atoms with Gasteiger partial charge in [-0.2, -0.15) is 0 Å². The van der Waals surface area contributed by atoms with Crippen molar-refractivity contribution in [2.75, 3.05) is 5.32 Å². The molecule has 2 aromatic rings. The van der Waals surface area contributed by atoms with Gasteiger partial charge in [-0.05, 0) is 30.2 Å². The SMILES string of the molecule is CC(C)C(N)C(=O)Nc1cccc(OCc2ccccn2)c1. The first-order valence-electron chi connectivity index (χ1n) is 7.25.